The van der Waals surface area contributed by atoms with E-state index in [-0.39, 0.29) is 0 Å². The zero-order valence-corrected chi connectivity index (χ0v) is 11.2. The van der Waals surface area contributed by atoms with Crippen LogP contribution in [0.5, 0.6) is 0 Å². The van der Waals surface area contributed by atoms with Crippen molar-refractivity contribution < 1.29 is 4.39 Å². The van der Waals surface area contributed by atoms with Crippen LogP contribution >= 0.6 is 11.6 Å². The quantitative estimate of drug-likeness (QED) is 0.687. The third kappa shape index (κ3) is 2.26. The molecule has 3 aromatic rings. The van der Waals surface area contributed by atoms with Crippen molar-refractivity contribution >= 4 is 22.5 Å². The van der Waals surface area contributed by atoms with E-state index >= 15 is 0 Å². The molecule has 2 nitrogen and oxygen atoms in total. The Hall–Kier alpha value is -2.31. The normalized spacial score (nSPS) is 10.7. The lowest BCUT2D eigenvalue weighted by Gasteiger charge is -2.07. The number of para-hydroxylation sites is 1. The van der Waals surface area contributed by atoms with Gasteiger partial charge < -0.3 is 4.57 Å². The molecule has 4 heteroatoms. The summed E-state index contributed by atoms with van der Waals surface area (Å²) in [6, 6.07) is 14.0. The second-order valence-corrected chi connectivity index (χ2v) is 4.99. The molecular weight excluding hydrogens is 275 g/mol. The van der Waals surface area contributed by atoms with E-state index in [0.717, 1.165) is 16.5 Å². The van der Waals surface area contributed by atoms with Crippen molar-refractivity contribution in [2.45, 2.75) is 6.54 Å². The first-order chi connectivity index (χ1) is 9.67. The van der Waals surface area contributed by atoms with E-state index in [1.165, 1.54) is 12.1 Å². The van der Waals surface area contributed by atoms with Crippen LogP contribution in [0.4, 0.5) is 4.39 Å². The van der Waals surface area contributed by atoms with Gasteiger partial charge >= 0.3 is 0 Å². The summed E-state index contributed by atoms with van der Waals surface area (Å²) in [6.07, 6.45) is 1.91. The molecule has 0 N–H and O–H groups in total. The minimum atomic E-state index is -0.401. The Morgan fingerprint density at radius 2 is 2.05 bits per heavy atom. The van der Waals surface area contributed by atoms with Crippen molar-refractivity contribution in [3.63, 3.8) is 0 Å². The van der Waals surface area contributed by atoms with E-state index in [4.69, 9.17) is 16.9 Å². The summed E-state index contributed by atoms with van der Waals surface area (Å²) in [5, 5.41) is 10.6. The Morgan fingerprint density at radius 1 is 1.20 bits per heavy atom. The molecule has 98 valence electrons. The first-order valence-electron chi connectivity index (χ1n) is 6.10. The first kappa shape index (κ1) is 12.7. The number of hydrogen-bond donors (Lipinski definition) is 0. The van der Waals surface area contributed by atoms with E-state index in [1.54, 1.807) is 6.07 Å². The highest BCUT2D eigenvalue weighted by Gasteiger charge is 2.07. The fourth-order valence-corrected chi connectivity index (χ4v) is 2.64. The molecule has 0 unspecified atom stereocenters. The zero-order valence-electron chi connectivity index (χ0n) is 10.5. The van der Waals surface area contributed by atoms with Crippen LogP contribution in [0.1, 0.15) is 11.1 Å². The van der Waals surface area contributed by atoms with Gasteiger partial charge in [0, 0.05) is 18.1 Å². The van der Waals surface area contributed by atoms with Gasteiger partial charge in [-0.1, -0.05) is 23.7 Å². The number of nitrogens with zero attached hydrogens (tertiary/aromatic N) is 2. The first-order valence-corrected chi connectivity index (χ1v) is 6.48. The highest BCUT2D eigenvalue weighted by molar-refractivity contribution is 6.35. The topological polar surface area (TPSA) is 28.7 Å². The molecule has 2 aromatic carbocycles. The van der Waals surface area contributed by atoms with Crippen molar-refractivity contribution in [3.8, 4) is 6.07 Å². The molecule has 0 bridgehead atoms. The van der Waals surface area contributed by atoms with Crippen molar-refractivity contribution in [2.75, 3.05) is 0 Å². The fourth-order valence-electron chi connectivity index (χ4n) is 2.35. The van der Waals surface area contributed by atoms with Crippen molar-refractivity contribution in [2.24, 2.45) is 0 Å². The van der Waals surface area contributed by atoms with E-state index < -0.39 is 5.82 Å². The summed E-state index contributed by atoms with van der Waals surface area (Å²) in [7, 11) is 0. The molecular formula is C16H10ClFN2. The van der Waals surface area contributed by atoms with Crippen LogP contribution in [-0.4, -0.2) is 4.57 Å². The maximum Gasteiger partial charge on any atom is 0.124 e. The molecule has 0 aliphatic rings. The van der Waals surface area contributed by atoms with E-state index in [9.17, 15) is 4.39 Å². The van der Waals surface area contributed by atoms with E-state index in [0.29, 0.717) is 17.1 Å². The molecule has 1 aromatic heterocycles. The molecule has 0 saturated heterocycles. The van der Waals surface area contributed by atoms with Gasteiger partial charge in [-0.25, -0.2) is 4.39 Å². The molecule has 0 spiro atoms. The van der Waals surface area contributed by atoms with Crippen LogP contribution in [0.15, 0.2) is 48.7 Å². The Balaban J connectivity index is 2.06. The summed E-state index contributed by atoms with van der Waals surface area (Å²) in [5.74, 6) is -0.401. The predicted octanol–water partition coefficient (Wildman–Crippen LogP) is 4.35. The highest BCUT2D eigenvalue weighted by atomic mass is 35.5. The molecule has 0 atom stereocenters. The molecule has 0 radical (unpaired) electrons. The van der Waals surface area contributed by atoms with E-state index in [1.807, 2.05) is 41.1 Å². The fraction of sp³-hybridized carbons (Fsp3) is 0.0625. The van der Waals surface area contributed by atoms with Gasteiger partial charge in [0.1, 0.15) is 5.82 Å². The van der Waals surface area contributed by atoms with Crippen LogP contribution in [0, 0.1) is 17.1 Å². The lowest BCUT2D eigenvalue weighted by Crippen LogP contribution is -1.99. The second-order valence-electron chi connectivity index (χ2n) is 4.58. The van der Waals surface area contributed by atoms with Crippen molar-refractivity contribution in [1.82, 2.24) is 4.57 Å². The monoisotopic (exact) mass is 284 g/mol. The minimum absolute atomic E-state index is 0.322. The molecule has 0 aliphatic heterocycles. The average Bonchev–Trinajstić information content (AvgIpc) is 2.82. The number of nitriles is 1. The van der Waals surface area contributed by atoms with Crippen LogP contribution in [-0.2, 0) is 6.54 Å². The van der Waals surface area contributed by atoms with Crippen LogP contribution in [0.25, 0.3) is 10.9 Å². The minimum Gasteiger partial charge on any atom is -0.342 e. The third-order valence-corrected chi connectivity index (χ3v) is 3.48. The lowest BCUT2D eigenvalue weighted by molar-refractivity contribution is 0.623. The standard InChI is InChI=1S/C16H10ClFN2/c17-15-3-1-2-13-4-5-20(16(13)15)10-12-6-11(9-19)7-14(18)8-12/h1-8H,10H2. The van der Waals surface area contributed by atoms with E-state index in [2.05, 4.69) is 0 Å². The van der Waals surface area contributed by atoms with Gasteiger partial charge in [0.05, 0.1) is 22.2 Å². The number of fused-ring (bicyclic) bond motifs is 1. The van der Waals surface area contributed by atoms with Gasteiger partial charge in [-0.05, 0) is 35.9 Å². The predicted molar refractivity (Wildman–Crippen MR) is 77.2 cm³/mol. The van der Waals surface area contributed by atoms with Gasteiger partial charge in [-0.3, -0.25) is 0 Å². The third-order valence-electron chi connectivity index (χ3n) is 3.18. The largest absolute Gasteiger partial charge is 0.342 e. The van der Waals surface area contributed by atoms with Gasteiger partial charge in [0.2, 0.25) is 0 Å². The highest BCUT2D eigenvalue weighted by Crippen LogP contribution is 2.25. The Labute approximate surface area is 120 Å². The Morgan fingerprint density at radius 3 is 2.85 bits per heavy atom. The maximum absolute atomic E-state index is 13.5. The summed E-state index contributed by atoms with van der Waals surface area (Å²) < 4.78 is 15.4. The maximum atomic E-state index is 13.5. The van der Waals surface area contributed by atoms with Crippen molar-refractivity contribution in [1.29, 1.82) is 5.26 Å². The molecule has 3 rings (SSSR count). The number of aromatic nitrogens is 1. The smallest absolute Gasteiger partial charge is 0.124 e. The summed E-state index contributed by atoms with van der Waals surface area (Å²) in [4.78, 5) is 0. The van der Waals surface area contributed by atoms with Gasteiger partial charge in [0.25, 0.3) is 0 Å². The number of hydrogen-bond acceptors (Lipinski definition) is 1. The molecule has 20 heavy (non-hydrogen) atoms. The van der Waals surface area contributed by atoms with Crippen molar-refractivity contribution in [3.05, 3.63) is 70.6 Å². The average molecular weight is 285 g/mol. The number of rotatable bonds is 2. The SMILES string of the molecule is N#Cc1cc(F)cc(Cn2ccc3cccc(Cl)c32)c1. The van der Waals surface area contributed by atoms with Crippen LogP contribution < -0.4 is 0 Å². The van der Waals surface area contributed by atoms with Gasteiger partial charge in [-0.2, -0.15) is 5.26 Å². The summed E-state index contributed by atoms with van der Waals surface area (Å²) in [6.45, 7) is 0.472. The summed E-state index contributed by atoms with van der Waals surface area (Å²) >= 11 is 6.21. The zero-order chi connectivity index (χ0) is 14.1. The molecule has 0 saturated carbocycles. The van der Waals surface area contributed by atoms with Crippen LogP contribution in [0.3, 0.4) is 0 Å². The number of halogens is 2. The van der Waals surface area contributed by atoms with Gasteiger partial charge in [-0.15, -0.1) is 0 Å². The Kier molecular flexibility index (Phi) is 3.17. The number of benzene rings is 2. The lowest BCUT2D eigenvalue weighted by atomic mass is 10.1. The molecule has 0 aliphatic carbocycles. The summed E-state index contributed by atoms with van der Waals surface area (Å²) in [5.41, 5.74) is 1.97. The molecule has 1 heterocycles. The second kappa shape index (κ2) is 4.99. The molecule has 0 fully saturated rings. The molecule has 0 amide bonds. The van der Waals surface area contributed by atoms with Crippen LogP contribution in [0.2, 0.25) is 5.02 Å². The van der Waals surface area contributed by atoms with Gasteiger partial charge in [0.15, 0.2) is 0 Å². The Bertz CT molecular complexity index is 830.